The Kier molecular flexibility index (Phi) is 2.92. The monoisotopic (exact) mass is 174 g/mol. The van der Waals surface area contributed by atoms with Crippen molar-refractivity contribution < 1.29 is 0 Å². The second-order valence-electron chi connectivity index (χ2n) is 3.67. The predicted octanol–water partition coefficient (Wildman–Crippen LogP) is 3.90. The van der Waals surface area contributed by atoms with Gasteiger partial charge in [-0.05, 0) is 49.4 Å². The molecule has 1 rings (SSSR count). The summed E-state index contributed by atoms with van der Waals surface area (Å²) in [6.07, 6.45) is 1.11. The zero-order valence-corrected chi connectivity index (χ0v) is 9.07. The minimum Gasteiger partial charge on any atom is -0.0955 e. The van der Waals surface area contributed by atoms with Gasteiger partial charge in [-0.25, -0.2) is 0 Å². The van der Waals surface area contributed by atoms with Gasteiger partial charge in [-0.1, -0.05) is 31.2 Å². The molecule has 1 aromatic carbocycles. The van der Waals surface area contributed by atoms with Crippen LogP contribution in [-0.4, -0.2) is 0 Å². The van der Waals surface area contributed by atoms with E-state index < -0.39 is 0 Å². The first-order valence-corrected chi connectivity index (χ1v) is 4.82. The van der Waals surface area contributed by atoms with Crippen molar-refractivity contribution in [1.82, 2.24) is 0 Å². The van der Waals surface area contributed by atoms with Crippen LogP contribution in [-0.2, 0) is 6.42 Å². The van der Waals surface area contributed by atoms with Gasteiger partial charge in [0.2, 0.25) is 0 Å². The van der Waals surface area contributed by atoms with Crippen LogP contribution in [0, 0.1) is 13.8 Å². The van der Waals surface area contributed by atoms with E-state index in [2.05, 4.69) is 46.4 Å². The molecule has 0 heterocycles. The second-order valence-corrected chi connectivity index (χ2v) is 3.67. The maximum absolute atomic E-state index is 3.99. The zero-order valence-electron chi connectivity index (χ0n) is 9.07. The average molecular weight is 174 g/mol. The summed E-state index contributed by atoms with van der Waals surface area (Å²) in [4.78, 5) is 0. The van der Waals surface area contributed by atoms with Crippen LogP contribution < -0.4 is 0 Å². The quantitative estimate of drug-likeness (QED) is 0.638. The lowest BCUT2D eigenvalue weighted by atomic mass is 9.93. The Morgan fingerprint density at radius 1 is 1.31 bits per heavy atom. The third-order valence-corrected chi connectivity index (χ3v) is 2.65. The number of hydrogen-bond acceptors (Lipinski definition) is 0. The van der Waals surface area contributed by atoms with Gasteiger partial charge in [0.1, 0.15) is 0 Å². The largest absolute Gasteiger partial charge is 0.0955 e. The number of allylic oxidation sites excluding steroid dienone is 1. The highest BCUT2D eigenvalue weighted by molar-refractivity contribution is 5.66. The average Bonchev–Trinajstić information content (AvgIpc) is 2.04. The van der Waals surface area contributed by atoms with Crippen molar-refractivity contribution >= 4 is 5.57 Å². The fourth-order valence-corrected chi connectivity index (χ4v) is 1.90. The normalized spacial score (nSPS) is 10.2. The van der Waals surface area contributed by atoms with E-state index >= 15 is 0 Å². The molecule has 0 spiro atoms. The summed E-state index contributed by atoms with van der Waals surface area (Å²) in [5, 5.41) is 0. The molecular weight excluding hydrogens is 156 g/mol. The SMILES string of the molecule is C=C(C)c1ccc(C)c(CC)c1C. The summed E-state index contributed by atoms with van der Waals surface area (Å²) in [5.41, 5.74) is 6.73. The Hall–Kier alpha value is -1.04. The summed E-state index contributed by atoms with van der Waals surface area (Å²) in [6, 6.07) is 4.36. The number of hydrogen-bond donors (Lipinski definition) is 0. The first-order chi connectivity index (χ1) is 6.07. The van der Waals surface area contributed by atoms with Crippen LogP contribution in [0.4, 0.5) is 0 Å². The van der Waals surface area contributed by atoms with Crippen LogP contribution in [0.5, 0.6) is 0 Å². The molecule has 0 nitrogen and oxygen atoms in total. The molecule has 0 amide bonds. The molecule has 70 valence electrons. The highest BCUT2D eigenvalue weighted by atomic mass is 14.1. The van der Waals surface area contributed by atoms with E-state index in [-0.39, 0.29) is 0 Å². The lowest BCUT2D eigenvalue weighted by molar-refractivity contribution is 1.07. The number of aryl methyl sites for hydroxylation is 1. The molecular formula is C13H18. The molecule has 0 aromatic heterocycles. The van der Waals surface area contributed by atoms with Crippen LogP contribution >= 0.6 is 0 Å². The van der Waals surface area contributed by atoms with E-state index in [0.29, 0.717) is 0 Å². The van der Waals surface area contributed by atoms with Crippen molar-refractivity contribution in [2.75, 3.05) is 0 Å². The molecule has 0 unspecified atom stereocenters. The maximum Gasteiger partial charge on any atom is -0.0201 e. The van der Waals surface area contributed by atoms with Crippen molar-refractivity contribution in [3.63, 3.8) is 0 Å². The van der Waals surface area contributed by atoms with E-state index in [4.69, 9.17) is 0 Å². The number of benzene rings is 1. The molecule has 0 aliphatic rings. The van der Waals surface area contributed by atoms with Crippen LogP contribution in [0.25, 0.3) is 5.57 Å². The van der Waals surface area contributed by atoms with Crippen LogP contribution in [0.15, 0.2) is 18.7 Å². The summed E-state index contributed by atoms with van der Waals surface area (Å²) >= 11 is 0. The van der Waals surface area contributed by atoms with E-state index in [1.54, 1.807) is 0 Å². The lowest BCUT2D eigenvalue weighted by Crippen LogP contribution is -1.95. The molecule has 0 aliphatic carbocycles. The molecule has 0 N–H and O–H groups in total. The van der Waals surface area contributed by atoms with Gasteiger partial charge in [-0.15, -0.1) is 0 Å². The van der Waals surface area contributed by atoms with E-state index in [1.807, 2.05) is 0 Å². The van der Waals surface area contributed by atoms with Crippen LogP contribution in [0.1, 0.15) is 36.1 Å². The van der Waals surface area contributed by atoms with Gasteiger partial charge in [0.05, 0.1) is 0 Å². The minimum atomic E-state index is 1.11. The fraction of sp³-hybridized carbons (Fsp3) is 0.385. The maximum atomic E-state index is 3.99. The molecule has 0 heteroatoms. The Balaban J connectivity index is 3.35. The van der Waals surface area contributed by atoms with Crippen LogP contribution in [0.2, 0.25) is 0 Å². The summed E-state index contributed by atoms with van der Waals surface area (Å²) in [6.45, 7) is 12.6. The molecule has 0 saturated heterocycles. The summed E-state index contributed by atoms with van der Waals surface area (Å²) in [7, 11) is 0. The Bertz CT molecular complexity index is 332. The van der Waals surface area contributed by atoms with Gasteiger partial charge in [0.25, 0.3) is 0 Å². The molecule has 0 radical (unpaired) electrons. The first-order valence-electron chi connectivity index (χ1n) is 4.82. The van der Waals surface area contributed by atoms with Crippen molar-refractivity contribution in [3.05, 3.63) is 41.0 Å². The molecule has 1 aromatic rings. The highest BCUT2D eigenvalue weighted by Gasteiger charge is 2.05. The minimum absolute atomic E-state index is 1.11. The molecule has 0 bridgehead atoms. The predicted molar refractivity (Wildman–Crippen MR) is 60.0 cm³/mol. The van der Waals surface area contributed by atoms with E-state index in [0.717, 1.165) is 12.0 Å². The van der Waals surface area contributed by atoms with Gasteiger partial charge >= 0.3 is 0 Å². The Morgan fingerprint density at radius 2 is 1.92 bits per heavy atom. The van der Waals surface area contributed by atoms with Gasteiger partial charge in [-0.2, -0.15) is 0 Å². The van der Waals surface area contributed by atoms with Crippen molar-refractivity contribution in [2.24, 2.45) is 0 Å². The highest BCUT2D eigenvalue weighted by Crippen LogP contribution is 2.23. The Morgan fingerprint density at radius 3 is 2.38 bits per heavy atom. The molecule has 0 atom stereocenters. The molecule has 0 saturated carbocycles. The van der Waals surface area contributed by atoms with Crippen LogP contribution in [0.3, 0.4) is 0 Å². The topological polar surface area (TPSA) is 0 Å². The van der Waals surface area contributed by atoms with Gasteiger partial charge in [0.15, 0.2) is 0 Å². The van der Waals surface area contributed by atoms with Gasteiger partial charge in [-0.3, -0.25) is 0 Å². The van der Waals surface area contributed by atoms with Crippen molar-refractivity contribution in [2.45, 2.75) is 34.1 Å². The molecule has 0 fully saturated rings. The van der Waals surface area contributed by atoms with E-state index in [9.17, 15) is 0 Å². The second kappa shape index (κ2) is 3.78. The Labute approximate surface area is 81.3 Å². The van der Waals surface area contributed by atoms with Gasteiger partial charge in [0, 0.05) is 0 Å². The molecule has 0 aliphatic heterocycles. The standard InChI is InChI=1S/C13H18/c1-6-12-10(4)7-8-13(9(2)3)11(12)5/h7-8H,2,6H2,1,3-5H3. The van der Waals surface area contributed by atoms with Crippen molar-refractivity contribution in [3.8, 4) is 0 Å². The van der Waals surface area contributed by atoms with Crippen molar-refractivity contribution in [1.29, 1.82) is 0 Å². The fourth-order valence-electron chi connectivity index (χ4n) is 1.90. The summed E-state index contributed by atoms with van der Waals surface area (Å²) in [5.74, 6) is 0. The van der Waals surface area contributed by atoms with Gasteiger partial charge < -0.3 is 0 Å². The van der Waals surface area contributed by atoms with E-state index in [1.165, 1.54) is 22.3 Å². The number of rotatable bonds is 2. The summed E-state index contributed by atoms with van der Waals surface area (Å²) < 4.78 is 0. The molecule has 13 heavy (non-hydrogen) atoms. The first kappa shape index (κ1) is 10.0. The zero-order chi connectivity index (χ0) is 10.0. The third-order valence-electron chi connectivity index (χ3n) is 2.65. The smallest absolute Gasteiger partial charge is 0.0201 e. The lowest BCUT2D eigenvalue weighted by Gasteiger charge is -2.12. The third kappa shape index (κ3) is 1.82.